The summed E-state index contributed by atoms with van der Waals surface area (Å²) in [6, 6.07) is 16.3. The lowest BCUT2D eigenvalue weighted by Crippen LogP contribution is -2.43. The van der Waals surface area contributed by atoms with Gasteiger partial charge in [-0.05, 0) is 43.4 Å². The van der Waals surface area contributed by atoms with E-state index in [-0.39, 0.29) is 11.4 Å². The van der Waals surface area contributed by atoms with E-state index >= 15 is 0 Å². The number of nitrogens with one attached hydrogen (secondary N) is 1. The highest BCUT2D eigenvalue weighted by Gasteiger charge is 2.36. The summed E-state index contributed by atoms with van der Waals surface area (Å²) < 4.78 is 0. The first-order valence-electron chi connectivity index (χ1n) is 8.81. The average molecular weight is 322 g/mol. The van der Waals surface area contributed by atoms with Crippen molar-refractivity contribution in [1.29, 1.82) is 0 Å². The number of benzene rings is 2. The average Bonchev–Trinajstić information content (AvgIpc) is 3.04. The van der Waals surface area contributed by atoms with Crippen LogP contribution in [0.3, 0.4) is 0 Å². The van der Waals surface area contributed by atoms with Crippen LogP contribution in [0.15, 0.2) is 48.5 Å². The number of nitrogen functional groups attached to an aromatic ring is 1. The summed E-state index contributed by atoms with van der Waals surface area (Å²) in [5.74, 6) is 0.113. The summed E-state index contributed by atoms with van der Waals surface area (Å²) in [5, 5.41) is 3.35. The van der Waals surface area contributed by atoms with Gasteiger partial charge >= 0.3 is 0 Å². The second-order valence-electron chi connectivity index (χ2n) is 6.91. The van der Waals surface area contributed by atoms with Gasteiger partial charge < -0.3 is 11.1 Å². The Morgan fingerprint density at radius 1 is 1.12 bits per heavy atom. The maximum absolute atomic E-state index is 12.6. The molecule has 1 fully saturated rings. The molecule has 3 nitrogen and oxygen atoms in total. The van der Waals surface area contributed by atoms with Crippen molar-refractivity contribution >= 4 is 11.6 Å². The molecule has 2 aromatic rings. The van der Waals surface area contributed by atoms with Crippen molar-refractivity contribution in [2.75, 3.05) is 5.73 Å². The van der Waals surface area contributed by atoms with Crippen LogP contribution >= 0.6 is 0 Å². The lowest BCUT2D eigenvalue weighted by atomic mass is 9.87. The molecular weight excluding hydrogens is 296 g/mol. The summed E-state index contributed by atoms with van der Waals surface area (Å²) in [4.78, 5) is 12.6. The van der Waals surface area contributed by atoms with Gasteiger partial charge in [0, 0.05) is 12.1 Å². The minimum absolute atomic E-state index is 0.113. The first-order chi connectivity index (χ1) is 11.6. The summed E-state index contributed by atoms with van der Waals surface area (Å²) in [6.07, 6.45) is 5.54. The van der Waals surface area contributed by atoms with Crippen LogP contribution in [-0.2, 0) is 16.8 Å². The number of para-hydroxylation sites is 1. The van der Waals surface area contributed by atoms with E-state index in [4.69, 9.17) is 5.73 Å². The molecule has 1 aliphatic carbocycles. The Hall–Kier alpha value is -2.29. The normalized spacial score (nSPS) is 16.0. The van der Waals surface area contributed by atoms with E-state index < -0.39 is 0 Å². The lowest BCUT2D eigenvalue weighted by Gasteiger charge is -2.31. The van der Waals surface area contributed by atoms with Crippen LogP contribution in [0, 0.1) is 6.92 Å². The first kappa shape index (κ1) is 16.6. The summed E-state index contributed by atoms with van der Waals surface area (Å²) in [5.41, 5.74) is 10.1. The predicted octanol–water partition coefficient (Wildman–Crippen LogP) is 4.10. The molecule has 1 saturated carbocycles. The molecule has 0 aliphatic heterocycles. The number of aryl methyl sites for hydroxylation is 2. The quantitative estimate of drug-likeness (QED) is 0.814. The van der Waals surface area contributed by atoms with E-state index in [1.54, 1.807) is 0 Å². The van der Waals surface area contributed by atoms with E-state index in [0.29, 0.717) is 12.8 Å². The number of carbonyl (C=O) groups excluding carboxylic acids is 1. The number of rotatable bonds is 5. The van der Waals surface area contributed by atoms with Gasteiger partial charge in [0.05, 0.1) is 5.54 Å². The molecule has 0 atom stereocenters. The van der Waals surface area contributed by atoms with Crippen LogP contribution in [0.2, 0.25) is 0 Å². The zero-order valence-electron chi connectivity index (χ0n) is 14.3. The van der Waals surface area contributed by atoms with Crippen LogP contribution in [0.25, 0.3) is 0 Å². The molecular formula is C21H26N2O. The monoisotopic (exact) mass is 322 g/mol. The molecule has 0 saturated heterocycles. The molecule has 2 aromatic carbocycles. The molecule has 1 aliphatic rings. The number of amides is 1. The van der Waals surface area contributed by atoms with Crippen molar-refractivity contribution < 1.29 is 4.79 Å². The zero-order valence-corrected chi connectivity index (χ0v) is 14.3. The van der Waals surface area contributed by atoms with Gasteiger partial charge in [-0.3, -0.25) is 4.79 Å². The summed E-state index contributed by atoms with van der Waals surface area (Å²) >= 11 is 0. The largest absolute Gasteiger partial charge is 0.399 e. The number of nitrogens with two attached hydrogens (primary N) is 1. The maximum Gasteiger partial charge on any atom is 0.221 e. The van der Waals surface area contributed by atoms with Crippen molar-refractivity contribution in [2.24, 2.45) is 0 Å². The van der Waals surface area contributed by atoms with Crippen molar-refractivity contribution in [3.05, 3.63) is 65.2 Å². The third-order valence-corrected chi connectivity index (χ3v) is 5.08. The van der Waals surface area contributed by atoms with Crippen molar-refractivity contribution in [3.63, 3.8) is 0 Å². The minimum atomic E-state index is -0.189. The molecule has 0 bridgehead atoms. The second kappa shape index (κ2) is 7.08. The highest BCUT2D eigenvalue weighted by Crippen LogP contribution is 2.39. The molecule has 0 aromatic heterocycles. The maximum atomic E-state index is 12.6. The number of hydrogen-bond acceptors (Lipinski definition) is 2. The highest BCUT2D eigenvalue weighted by atomic mass is 16.1. The molecule has 0 heterocycles. The fourth-order valence-corrected chi connectivity index (χ4v) is 3.75. The molecule has 1 amide bonds. The fraction of sp³-hybridized carbons (Fsp3) is 0.381. The minimum Gasteiger partial charge on any atom is -0.399 e. The third-order valence-electron chi connectivity index (χ3n) is 5.08. The van der Waals surface area contributed by atoms with Gasteiger partial charge in [0.15, 0.2) is 0 Å². The molecule has 3 heteroatoms. The van der Waals surface area contributed by atoms with E-state index in [9.17, 15) is 4.79 Å². The Labute approximate surface area is 144 Å². The standard InChI is InChI=1S/C21H26N2O/c1-16-7-6-9-18(15-16)21(13-4-5-14-21)23-20(24)12-11-17-8-2-3-10-19(17)22/h2-3,6-10,15H,4-5,11-14,22H2,1H3,(H,23,24). The van der Waals surface area contributed by atoms with E-state index in [1.165, 1.54) is 24.0 Å². The number of anilines is 1. The Balaban J connectivity index is 1.70. The summed E-state index contributed by atoms with van der Waals surface area (Å²) in [6.45, 7) is 2.10. The van der Waals surface area contributed by atoms with Gasteiger partial charge in [0.1, 0.15) is 0 Å². The van der Waals surface area contributed by atoms with Crippen molar-refractivity contribution in [1.82, 2.24) is 5.32 Å². The van der Waals surface area contributed by atoms with Gasteiger partial charge in [-0.15, -0.1) is 0 Å². The van der Waals surface area contributed by atoms with Crippen LogP contribution in [0.1, 0.15) is 48.8 Å². The van der Waals surface area contributed by atoms with Crippen LogP contribution in [0.4, 0.5) is 5.69 Å². The second-order valence-corrected chi connectivity index (χ2v) is 6.91. The Morgan fingerprint density at radius 3 is 2.58 bits per heavy atom. The van der Waals surface area contributed by atoms with Gasteiger partial charge in [-0.2, -0.15) is 0 Å². The van der Waals surface area contributed by atoms with Crippen LogP contribution in [0.5, 0.6) is 0 Å². The first-order valence-corrected chi connectivity index (χ1v) is 8.81. The molecule has 3 rings (SSSR count). The SMILES string of the molecule is Cc1cccc(C2(NC(=O)CCc3ccccc3N)CCCC2)c1. The molecule has 3 N–H and O–H groups in total. The Bertz CT molecular complexity index is 717. The number of hydrogen-bond donors (Lipinski definition) is 2. The topological polar surface area (TPSA) is 55.1 Å². The van der Waals surface area contributed by atoms with Gasteiger partial charge in [-0.1, -0.05) is 60.9 Å². The van der Waals surface area contributed by atoms with Gasteiger partial charge in [0.2, 0.25) is 5.91 Å². The van der Waals surface area contributed by atoms with E-state index in [1.807, 2.05) is 24.3 Å². The predicted molar refractivity (Wildman–Crippen MR) is 98.6 cm³/mol. The van der Waals surface area contributed by atoms with E-state index in [2.05, 4.69) is 36.5 Å². The fourth-order valence-electron chi connectivity index (χ4n) is 3.75. The van der Waals surface area contributed by atoms with Gasteiger partial charge in [0.25, 0.3) is 0 Å². The Morgan fingerprint density at radius 2 is 1.88 bits per heavy atom. The molecule has 0 unspecified atom stereocenters. The summed E-state index contributed by atoms with van der Waals surface area (Å²) in [7, 11) is 0. The van der Waals surface area contributed by atoms with Gasteiger partial charge in [-0.25, -0.2) is 0 Å². The molecule has 0 radical (unpaired) electrons. The third kappa shape index (κ3) is 3.61. The van der Waals surface area contributed by atoms with Crippen molar-refractivity contribution in [3.8, 4) is 0 Å². The molecule has 126 valence electrons. The van der Waals surface area contributed by atoms with Crippen LogP contribution < -0.4 is 11.1 Å². The molecule has 0 spiro atoms. The number of carbonyl (C=O) groups is 1. The lowest BCUT2D eigenvalue weighted by molar-refractivity contribution is -0.123. The molecule has 24 heavy (non-hydrogen) atoms. The smallest absolute Gasteiger partial charge is 0.221 e. The van der Waals surface area contributed by atoms with Crippen LogP contribution in [-0.4, -0.2) is 5.91 Å². The Kier molecular flexibility index (Phi) is 4.89. The zero-order chi connectivity index (χ0) is 17.0. The highest BCUT2D eigenvalue weighted by molar-refractivity contribution is 5.77. The van der Waals surface area contributed by atoms with Crippen molar-refractivity contribution in [2.45, 2.75) is 51.0 Å². The van der Waals surface area contributed by atoms with E-state index in [0.717, 1.165) is 24.1 Å².